The molecule has 0 radical (unpaired) electrons. The molecule has 0 saturated heterocycles. The lowest BCUT2D eigenvalue weighted by Gasteiger charge is -2.04. The van der Waals surface area contributed by atoms with Crippen LogP contribution in [0, 0.1) is 0 Å². The average Bonchev–Trinajstić information content (AvgIpc) is 2.84. The van der Waals surface area contributed by atoms with Gasteiger partial charge in [-0.3, -0.25) is 4.79 Å². The first-order valence-electron chi connectivity index (χ1n) is 5.39. The van der Waals surface area contributed by atoms with Crippen molar-refractivity contribution in [1.82, 2.24) is 10.1 Å². The Balaban J connectivity index is 1.80. The van der Waals surface area contributed by atoms with Gasteiger partial charge in [-0.05, 0) is 12.8 Å². The minimum absolute atomic E-state index is 0.189. The van der Waals surface area contributed by atoms with Crippen LogP contribution in [-0.2, 0) is 17.0 Å². The summed E-state index contributed by atoms with van der Waals surface area (Å²) >= 11 is 1.84. The van der Waals surface area contributed by atoms with E-state index in [0.29, 0.717) is 16.8 Å². The maximum atomic E-state index is 10.4. The highest BCUT2D eigenvalue weighted by atomic mass is 32.2. The molecule has 16 heavy (non-hydrogen) atoms. The van der Waals surface area contributed by atoms with Gasteiger partial charge in [0.25, 0.3) is 0 Å². The van der Waals surface area contributed by atoms with Gasteiger partial charge in [-0.25, -0.2) is 0 Å². The lowest BCUT2D eigenvalue weighted by Crippen LogP contribution is -2.00. The molecule has 5 nitrogen and oxygen atoms in total. The van der Waals surface area contributed by atoms with E-state index in [1.165, 1.54) is 25.7 Å². The first-order valence-corrected chi connectivity index (χ1v) is 6.44. The number of hydrogen-bond donors (Lipinski definition) is 1. The van der Waals surface area contributed by atoms with Crippen LogP contribution in [-0.4, -0.2) is 26.5 Å². The van der Waals surface area contributed by atoms with Crippen molar-refractivity contribution in [3.8, 4) is 0 Å². The van der Waals surface area contributed by atoms with Crippen LogP contribution in [0.4, 0.5) is 0 Å². The molecule has 2 rings (SSSR count). The maximum Gasteiger partial charge on any atom is 0.312 e. The molecule has 0 aliphatic heterocycles. The third-order valence-corrected chi connectivity index (χ3v) is 3.93. The van der Waals surface area contributed by atoms with Gasteiger partial charge < -0.3 is 9.63 Å². The number of thioether (sulfide) groups is 1. The topological polar surface area (TPSA) is 76.2 Å². The molecule has 0 unspecified atom stereocenters. The van der Waals surface area contributed by atoms with Gasteiger partial charge in [-0.1, -0.05) is 18.0 Å². The van der Waals surface area contributed by atoms with Gasteiger partial charge in [0.05, 0.1) is 5.75 Å². The van der Waals surface area contributed by atoms with Crippen molar-refractivity contribution in [2.24, 2.45) is 0 Å². The molecule has 88 valence electrons. The van der Waals surface area contributed by atoms with E-state index in [1.54, 1.807) is 0 Å². The minimum Gasteiger partial charge on any atom is -0.481 e. The number of hydrogen-bond acceptors (Lipinski definition) is 5. The Morgan fingerprint density at radius 2 is 2.25 bits per heavy atom. The SMILES string of the molecule is O=C(O)Cc1nc(CSC2CCCC2)no1. The summed E-state index contributed by atoms with van der Waals surface area (Å²) in [5.74, 6) is 0.564. The molecule has 1 fully saturated rings. The molecule has 1 aliphatic rings. The molecule has 1 saturated carbocycles. The molecule has 1 heterocycles. The Kier molecular flexibility index (Phi) is 3.82. The molecular weight excluding hydrogens is 228 g/mol. The fraction of sp³-hybridized carbons (Fsp3) is 0.700. The van der Waals surface area contributed by atoms with Crippen molar-refractivity contribution in [3.05, 3.63) is 11.7 Å². The maximum absolute atomic E-state index is 10.4. The summed E-state index contributed by atoms with van der Waals surface area (Å²) < 4.78 is 4.84. The standard InChI is InChI=1S/C10H14N2O3S/c13-10(14)5-9-11-8(12-15-9)6-16-7-3-1-2-4-7/h7H,1-6H2,(H,13,14). The van der Waals surface area contributed by atoms with E-state index < -0.39 is 5.97 Å². The number of carbonyl (C=O) groups is 1. The fourth-order valence-corrected chi connectivity index (χ4v) is 2.97. The lowest BCUT2D eigenvalue weighted by molar-refractivity contribution is -0.136. The molecule has 6 heteroatoms. The zero-order valence-electron chi connectivity index (χ0n) is 8.89. The smallest absolute Gasteiger partial charge is 0.312 e. The van der Waals surface area contributed by atoms with E-state index in [2.05, 4.69) is 10.1 Å². The molecule has 0 amide bonds. The molecular formula is C10H14N2O3S. The number of aliphatic carboxylic acids is 1. The number of nitrogens with zero attached hydrogens (tertiary/aromatic N) is 2. The summed E-state index contributed by atoms with van der Waals surface area (Å²) in [6, 6.07) is 0. The van der Waals surface area contributed by atoms with Crippen molar-refractivity contribution in [2.75, 3.05) is 0 Å². The molecule has 0 aromatic carbocycles. The Bertz CT molecular complexity index is 361. The van der Waals surface area contributed by atoms with E-state index in [9.17, 15) is 4.79 Å². The number of rotatable bonds is 5. The van der Waals surface area contributed by atoms with Crippen molar-refractivity contribution in [3.63, 3.8) is 0 Å². The highest BCUT2D eigenvalue weighted by Gasteiger charge is 2.17. The first kappa shape index (κ1) is 11.4. The summed E-state index contributed by atoms with van der Waals surface area (Å²) in [5.41, 5.74) is 0. The first-order chi connectivity index (χ1) is 7.74. The van der Waals surface area contributed by atoms with Gasteiger partial charge in [0.1, 0.15) is 6.42 Å². The van der Waals surface area contributed by atoms with Crippen LogP contribution >= 0.6 is 11.8 Å². The van der Waals surface area contributed by atoms with Crippen molar-refractivity contribution in [2.45, 2.75) is 43.1 Å². The van der Waals surface area contributed by atoms with Crippen LogP contribution < -0.4 is 0 Å². The van der Waals surface area contributed by atoms with Gasteiger partial charge in [0.15, 0.2) is 5.82 Å². The second-order valence-corrected chi connectivity index (χ2v) is 5.18. The Labute approximate surface area is 97.6 Å². The van der Waals surface area contributed by atoms with Gasteiger partial charge in [0, 0.05) is 5.25 Å². The third kappa shape index (κ3) is 3.23. The molecule has 1 aromatic heterocycles. The van der Waals surface area contributed by atoms with Crippen LogP contribution in [0.5, 0.6) is 0 Å². The number of carboxylic acids is 1. The molecule has 0 spiro atoms. The number of carboxylic acid groups (broad SMARTS) is 1. The average molecular weight is 242 g/mol. The molecule has 1 aromatic rings. The van der Waals surface area contributed by atoms with Gasteiger partial charge in [0.2, 0.25) is 5.89 Å². The molecule has 0 atom stereocenters. The second-order valence-electron chi connectivity index (χ2n) is 3.89. The lowest BCUT2D eigenvalue weighted by atomic mass is 10.4. The summed E-state index contributed by atoms with van der Waals surface area (Å²) in [4.78, 5) is 14.4. The zero-order valence-corrected chi connectivity index (χ0v) is 9.70. The second kappa shape index (κ2) is 5.34. The Morgan fingerprint density at radius 3 is 2.94 bits per heavy atom. The monoisotopic (exact) mass is 242 g/mol. The van der Waals surface area contributed by atoms with E-state index in [1.807, 2.05) is 11.8 Å². The van der Waals surface area contributed by atoms with Gasteiger partial charge >= 0.3 is 5.97 Å². The van der Waals surface area contributed by atoms with Crippen LogP contribution in [0.3, 0.4) is 0 Å². The van der Waals surface area contributed by atoms with E-state index >= 15 is 0 Å². The summed E-state index contributed by atoms with van der Waals surface area (Å²) in [5, 5.41) is 13.0. The van der Waals surface area contributed by atoms with Gasteiger partial charge in [-0.15, -0.1) is 0 Å². The van der Waals surface area contributed by atoms with Crippen LogP contribution in [0.25, 0.3) is 0 Å². The van der Waals surface area contributed by atoms with E-state index in [0.717, 1.165) is 0 Å². The highest BCUT2D eigenvalue weighted by molar-refractivity contribution is 7.99. The number of aromatic nitrogens is 2. The zero-order chi connectivity index (χ0) is 11.4. The fourth-order valence-electron chi connectivity index (χ4n) is 1.80. The summed E-state index contributed by atoms with van der Waals surface area (Å²) in [6.07, 6.45) is 4.97. The Hall–Kier alpha value is -1.04. The summed E-state index contributed by atoms with van der Waals surface area (Å²) in [7, 11) is 0. The summed E-state index contributed by atoms with van der Waals surface area (Å²) in [6.45, 7) is 0. The quantitative estimate of drug-likeness (QED) is 0.849. The predicted molar refractivity (Wildman–Crippen MR) is 59.2 cm³/mol. The van der Waals surface area contributed by atoms with Crippen molar-refractivity contribution < 1.29 is 14.4 Å². The largest absolute Gasteiger partial charge is 0.481 e. The molecule has 0 bridgehead atoms. The van der Waals surface area contributed by atoms with Crippen LogP contribution in [0.15, 0.2) is 4.52 Å². The Morgan fingerprint density at radius 1 is 1.50 bits per heavy atom. The molecule has 1 aliphatic carbocycles. The highest BCUT2D eigenvalue weighted by Crippen LogP contribution is 2.30. The van der Waals surface area contributed by atoms with Crippen LogP contribution in [0.1, 0.15) is 37.4 Å². The van der Waals surface area contributed by atoms with E-state index in [4.69, 9.17) is 9.63 Å². The predicted octanol–water partition coefficient (Wildman–Crippen LogP) is 1.87. The minimum atomic E-state index is -0.946. The van der Waals surface area contributed by atoms with Gasteiger partial charge in [-0.2, -0.15) is 16.7 Å². The van der Waals surface area contributed by atoms with Crippen molar-refractivity contribution >= 4 is 17.7 Å². The third-order valence-electron chi connectivity index (χ3n) is 2.56. The van der Waals surface area contributed by atoms with Crippen LogP contribution in [0.2, 0.25) is 0 Å². The van der Waals surface area contributed by atoms with Crippen molar-refractivity contribution in [1.29, 1.82) is 0 Å². The molecule has 1 N–H and O–H groups in total. The van der Waals surface area contributed by atoms with E-state index in [-0.39, 0.29) is 12.3 Å². The normalized spacial score (nSPS) is 16.8.